The van der Waals surface area contributed by atoms with Gasteiger partial charge in [0.15, 0.2) is 11.5 Å². The van der Waals surface area contributed by atoms with Crippen LogP contribution in [0.4, 0.5) is 11.8 Å². The lowest BCUT2D eigenvalue weighted by molar-refractivity contribution is 0.276. The van der Waals surface area contributed by atoms with E-state index in [-0.39, 0.29) is 6.61 Å². The number of aliphatic hydroxyl groups is 1. The molecule has 3 aromatic rings. The summed E-state index contributed by atoms with van der Waals surface area (Å²) in [5.74, 6) is 1.69. The molecule has 0 saturated carbocycles. The molecule has 0 saturated heterocycles. The van der Waals surface area contributed by atoms with E-state index in [4.69, 9.17) is 26.8 Å². The van der Waals surface area contributed by atoms with Crippen molar-refractivity contribution in [3.8, 4) is 11.5 Å². The number of aliphatic hydroxyl groups excluding tert-OH is 1. The third-order valence-electron chi connectivity index (χ3n) is 3.99. The van der Waals surface area contributed by atoms with Gasteiger partial charge in [0.2, 0.25) is 5.95 Å². The average Bonchev–Trinajstić information content (AvgIpc) is 2.66. The van der Waals surface area contributed by atoms with Crippen LogP contribution in [-0.2, 0) is 0 Å². The maximum atomic E-state index is 9.72. The van der Waals surface area contributed by atoms with Crippen LogP contribution in [0.25, 0.3) is 10.9 Å². The fraction of sp³-hybridized carbons (Fsp3) is 0.222. The number of anilines is 2. The van der Waals surface area contributed by atoms with Gasteiger partial charge in [0.05, 0.1) is 32.4 Å². The summed E-state index contributed by atoms with van der Waals surface area (Å²) in [7, 11) is 3.10. The number of hydrogen-bond donors (Lipinski definition) is 3. The molecule has 0 radical (unpaired) electrons. The van der Waals surface area contributed by atoms with Crippen molar-refractivity contribution in [2.45, 2.75) is 6.04 Å². The summed E-state index contributed by atoms with van der Waals surface area (Å²) < 4.78 is 10.6. The van der Waals surface area contributed by atoms with Crippen molar-refractivity contribution in [2.24, 2.45) is 0 Å². The summed E-state index contributed by atoms with van der Waals surface area (Å²) in [5, 5.41) is 14.1. The Morgan fingerprint density at radius 1 is 1.12 bits per heavy atom. The van der Waals surface area contributed by atoms with Crippen LogP contribution in [0.1, 0.15) is 11.6 Å². The Morgan fingerprint density at radius 2 is 1.77 bits per heavy atom. The SMILES string of the molecule is COc1cc2nc(NC(CO)c3ccc(Cl)cc3)nc(N)c2cc1OC. The second kappa shape index (κ2) is 7.63. The molecule has 0 spiro atoms. The quantitative estimate of drug-likeness (QED) is 0.609. The molecule has 1 heterocycles. The van der Waals surface area contributed by atoms with Crippen molar-refractivity contribution >= 4 is 34.3 Å². The zero-order chi connectivity index (χ0) is 18.7. The number of nitrogens with zero attached hydrogens (tertiary/aromatic N) is 2. The third kappa shape index (κ3) is 3.58. The van der Waals surface area contributed by atoms with E-state index in [1.807, 2.05) is 12.1 Å². The van der Waals surface area contributed by atoms with Crippen LogP contribution in [-0.4, -0.2) is 35.9 Å². The highest BCUT2D eigenvalue weighted by molar-refractivity contribution is 6.30. The highest BCUT2D eigenvalue weighted by atomic mass is 35.5. The molecule has 7 nitrogen and oxygen atoms in total. The summed E-state index contributed by atoms with van der Waals surface area (Å²) in [6.07, 6.45) is 0. The van der Waals surface area contributed by atoms with Crippen molar-refractivity contribution < 1.29 is 14.6 Å². The first-order chi connectivity index (χ1) is 12.5. The molecule has 8 heteroatoms. The predicted molar refractivity (Wildman–Crippen MR) is 102 cm³/mol. The molecule has 26 heavy (non-hydrogen) atoms. The van der Waals surface area contributed by atoms with Gasteiger partial charge >= 0.3 is 0 Å². The number of nitrogens with two attached hydrogens (primary N) is 1. The molecule has 2 aromatic carbocycles. The zero-order valence-corrected chi connectivity index (χ0v) is 15.1. The van der Waals surface area contributed by atoms with Gasteiger partial charge in [-0.25, -0.2) is 4.98 Å². The molecule has 4 N–H and O–H groups in total. The van der Waals surface area contributed by atoms with Gasteiger partial charge in [0, 0.05) is 16.5 Å². The summed E-state index contributed by atoms with van der Waals surface area (Å²) in [5.41, 5.74) is 7.54. The maximum absolute atomic E-state index is 9.72. The standard InChI is InChI=1S/C18H19ClN4O3/c1-25-15-7-12-13(8-16(15)26-2)21-18(23-17(12)20)22-14(9-24)10-3-5-11(19)6-4-10/h3-8,14,24H,9H2,1-2H3,(H3,20,21,22,23). The van der Waals surface area contributed by atoms with Crippen LogP contribution in [0.15, 0.2) is 36.4 Å². The molecule has 0 aliphatic heterocycles. The summed E-state index contributed by atoms with van der Waals surface area (Å²) in [4.78, 5) is 8.76. The Morgan fingerprint density at radius 3 is 2.38 bits per heavy atom. The predicted octanol–water partition coefficient (Wildman–Crippen LogP) is 3.03. The van der Waals surface area contributed by atoms with Crippen molar-refractivity contribution in [1.82, 2.24) is 9.97 Å². The van der Waals surface area contributed by atoms with Crippen LogP contribution in [0.5, 0.6) is 11.5 Å². The lowest BCUT2D eigenvalue weighted by Gasteiger charge is -2.18. The molecule has 1 aromatic heterocycles. The molecule has 3 rings (SSSR count). The van der Waals surface area contributed by atoms with E-state index in [1.54, 1.807) is 38.5 Å². The van der Waals surface area contributed by atoms with Crippen molar-refractivity contribution in [1.29, 1.82) is 0 Å². The van der Waals surface area contributed by atoms with Gasteiger partial charge in [-0.2, -0.15) is 4.98 Å². The first-order valence-electron chi connectivity index (χ1n) is 7.87. The summed E-state index contributed by atoms with van der Waals surface area (Å²) in [6.45, 7) is -0.144. The Labute approximate surface area is 155 Å². The van der Waals surface area contributed by atoms with Gasteiger partial charge in [0.1, 0.15) is 5.82 Å². The largest absolute Gasteiger partial charge is 0.493 e. The molecule has 0 fully saturated rings. The van der Waals surface area contributed by atoms with Gasteiger partial charge in [-0.05, 0) is 23.8 Å². The van der Waals surface area contributed by atoms with Gasteiger partial charge in [-0.15, -0.1) is 0 Å². The summed E-state index contributed by atoms with van der Waals surface area (Å²) in [6, 6.07) is 10.2. The van der Waals surface area contributed by atoms with Crippen molar-refractivity contribution in [2.75, 3.05) is 31.9 Å². The van der Waals surface area contributed by atoms with Crippen LogP contribution < -0.4 is 20.5 Å². The second-order valence-corrected chi connectivity index (χ2v) is 6.02. The highest BCUT2D eigenvalue weighted by Crippen LogP contribution is 2.34. The van der Waals surface area contributed by atoms with Crippen LogP contribution in [0.3, 0.4) is 0 Å². The topological polar surface area (TPSA) is 103 Å². The molecule has 0 aliphatic rings. The molecule has 136 valence electrons. The highest BCUT2D eigenvalue weighted by Gasteiger charge is 2.15. The minimum atomic E-state index is -0.399. The molecular formula is C18H19ClN4O3. The average molecular weight is 375 g/mol. The monoisotopic (exact) mass is 374 g/mol. The normalized spacial score (nSPS) is 12.0. The fourth-order valence-electron chi connectivity index (χ4n) is 2.63. The number of methoxy groups -OCH3 is 2. The number of rotatable bonds is 6. The van der Waals surface area contributed by atoms with Crippen LogP contribution in [0.2, 0.25) is 5.02 Å². The minimum Gasteiger partial charge on any atom is -0.493 e. The minimum absolute atomic E-state index is 0.144. The van der Waals surface area contributed by atoms with Crippen LogP contribution in [0, 0.1) is 0 Å². The van der Waals surface area contributed by atoms with Gasteiger partial charge in [0.25, 0.3) is 0 Å². The second-order valence-electron chi connectivity index (χ2n) is 5.59. The van der Waals surface area contributed by atoms with E-state index in [0.29, 0.717) is 39.2 Å². The third-order valence-corrected chi connectivity index (χ3v) is 4.24. The smallest absolute Gasteiger partial charge is 0.225 e. The Bertz CT molecular complexity index is 918. The first-order valence-corrected chi connectivity index (χ1v) is 8.25. The van der Waals surface area contributed by atoms with Crippen molar-refractivity contribution in [3.63, 3.8) is 0 Å². The molecule has 0 amide bonds. The van der Waals surface area contributed by atoms with Gasteiger partial charge < -0.3 is 25.6 Å². The lowest BCUT2D eigenvalue weighted by Crippen LogP contribution is -2.17. The zero-order valence-electron chi connectivity index (χ0n) is 14.4. The lowest BCUT2D eigenvalue weighted by atomic mass is 10.1. The van der Waals surface area contributed by atoms with Gasteiger partial charge in [-0.1, -0.05) is 23.7 Å². The van der Waals surface area contributed by atoms with Crippen LogP contribution >= 0.6 is 11.6 Å². The van der Waals surface area contributed by atoms with E-state index in [9.17, 15) is 5.11 Å². The maximum Gasteiger partial charge on any atom is 0.225 e. The Balaban J connectivity index is 1.98. The Kier molecular flexibility index (Phi) is 5.29. The first kappa shape index (κ1) is 18.0. The molecule has 0 aliphatic carbocycles. The number of hydrogen-bond acceptors (Lipinski definition) is 7. The number of nitrogen functional groups attached to an aromatic ring is 1. The number of nitrogens with one attached hydrogen (secondary N) is 1. The number of fused-ring (bicyclic) bond motifs is 1. The van der Waals surface area contributed by atoms with E-state index >= 15 is 0 Å². The summed E-state index contributed by atoms with van der Waals surface area (Å²) >= 11 is 5.91. The number of aromatic nitrogens is 2. The molecule has 1 atom stereocenters. The van der Waals surface area contributed by atoms with E-state index < -0.39 is 6.04 Å². The molecule has 0 bridgehead atoms. The van der Waals surface area contributed by atoms with Gasteiger partial charge in [-0.3, -0.25) is 0 Å². The molecular weight excluding hydrogens is 356 g/mol. The number of ether oxygens (including phenoxy) is 2. The van der Waals surface area contributed by atoms with E-state index in [2.05, 4.69) is 15.3 Å². The Hall–Kier alpha value is -2.77. The number of halogens is 1. The van der Waals surface area contributed by atoms with E-state index in [0.717, 1.165) is 5.56 Å². The number of benzene rings is 2. The van der Waals surface area contributed by atoms with E-state index in [1.165, 1.54) is 0 Å². The molecule has 1 unspecified atom stereocenters. The van der Waals surface area contributed by atoms with Crippen molar-refractivity contribution in [3.05, 3.63) is 47.0 Å². The fourth-order valence-corrected chi connectivity index (χ4v) is 2.76.